The maximum absolute atomic E-state index is 14.6. The number of aryl methyl sites for hydroxylation is 1. The van der Waals surface area contributed by atoms with E-state index >= 15 is 0 Å². The molecule has 1 saturated carbocycles. The third kappa shape index (κ3) is 6.54. The molecular weight excluding hydrogens is 606 g/mol. The van der Waals surface area contributed by atoms with Crippen molar-refractivity contribution < 1.29 is 14.3 Å². The van der Waals surface area contributed by atoms with Crippen molar-refractivity contribution >= 4 is 40.1 Å². The van der Waals surface area contributed by atoms with E-state index in [1.54, 1.807) is 15.7 Å². The van der Waals surface area contributed by atoms with Crippen LogP contribution in [0, 0.1) is 6.92 Å². The number of carbonyl (C=O) groups excluding carboxylic acids is 1. The second-order valence-electron chi connectivity index (χ2n) is 12.5. The normalized spacial score (nSPS) is 14.2. The number of hydrogen-bond acceptors (Lipinski definition) is 9. The minimum absolute atomic E-state index is 0.174. The molecule has 1 fully saturated rings. The molecule has 0 saturated heterocycles. The minimum Gasteiger partial charge on any atom is -0.492 e. The standard InChI is InChI=1S/C37H39N7O4/c1-25-8-7-11-31-33(25)43(37(46)48-24-26-9-5-4-6-10-26)19-18-42(31)32-22-27-23-38-36(39-28-12-13-28)40-34(27)44(35(32)45)29-14-16-30(17-15-29)47-21-20-41(2)3/h4-11,14-17,22-23,28H,12-13,18-21,24H2,1-3H3,(H,38,39,40). The van der Waals surface area contributed by atoms with Gasteiger partial charge in [0.05, 0.1) is 17.1 Å². The zero-order valence-corrected chi connectivity index (χ0v) is 27.4. The Morgan fingerprint density at radius 2 is 1.77 bits per heavy atom. The number of anilines is 4. The molecule has 1 aliphatic carbocycles. The van der Waals surface area contributed by atoms with Crippen molar-refractivity contribution in [1.82, 2.24) is 19.4 Å². The summed E-state index contributed by atoms with van der Waals surface area (Å²) >= 11 is 0. The van der Waals surface area contributed by atoms with Crippen LogP contribution in [0.4, 0.5) is 27.8 Å². The number of rotatable bonds is 10. The van der Waals surface area contributed by atoms with E-state index in [1.807, 2.05) is 105 Å². The van der Waals surface area contributed by atoms with Gasteiger partial charge in [0.1, 0.15) is 24.7 Å². The molecule has 5 aromatic rings. The van der Waals surface area contributed by atoms with E-state index in [1.165, 1.54) is 0 Å². The molecular formula is C37H39N7O4. The summed E-state index contributed by atoms with van der Waals surface area (Å²) in [6, 6.07) is 25.2. The number of ether oxygens (including phenoxy) is 2. The molecule has 0 spiro atoms. The first-order chi connectivity index (χ1) is 23.4. The van der Waals surface area contributed by atoms with Gasteiger partial charge in [-0.2, -0.15) is 4.98 Å². The van der Waals surface area contributed by atoms with Crippen LogP contribution in [0.3, 0.4) is 0 Å². The first kappa shape index (κ1) is 31.2. The highest BCUT2D eigenvalue weighted by molar-refractivity contribution is 5.97. The Bertz CT molecular complexity index is 1990. The number of amides is 1. The van der Waals surface area contributed by atoms with Crippen molar-refractivity contribution in [3.8, 4) is 11.4 Å². The molecule has 1 N–H and O–H groups in total. The molecule has 2 aromatic heterocycles. The maximum atomic E-state index is 14.6. The second kappa shape index (κ2) is 13.4. The van der Waals surface area contributed by atoms with Gasteiger partial charge in [0.2, 0.25) is 5.95 Å². The number of carbonyl (C=O) groups is 1. The van der Waals surface area contributed by atoms with Gasteiger partial charge in [-0.15, -0.1) is 0 Å². The number of aromatic nitrogens is 3. The highest BCUT2D eigenvalue weighted by Crippen LogP contribution is 2.40. The topological polar surface area (TPSA) is 105 Å². The smallest absolute Gasteiger partial charge is 0.414 e. The largest absolute Gasteiger partial charge is 0.492 e. The molecule has 0 radical (unpaired) electrons. The minimum atomic E-state index is -0.429. The molecule has 11 nitrogen and oxygen atoms in total. The van der Waals surface area contributed by atoms with Crippen LogP contribution >= 0.6 is 0 Å². The number of pyridine rings is 1. The molecule has 7 rings (SSSR count). The fourth-order valence-electron chi connectivity index (χ4n) is 5.91. The molecule has 1 amide bonds. The number of fused-ring (bicyclic) bond motifs is 2. The van der Waals surface area contributed by atoms with Gasteiger partial charge < -0.3 is 24.6 Å². The van der Waals surface area contributed by atoms with Crippen LogP contribution in [-0.2, 0) is 11.3 Å². The van der Waals surface area contributed by atoms with E-state index in [-0.39, 0.29) is 12.2 Å². The Hall–Kier alpha value is -5.42. The fourth-order valence-corrected chi connectivity index (χ4v) is 5.91. The van der Waals surface area contributed by atoms with Crippen molar-refractivity contribution in [2.24, 2.45) is 0 Å². The lowest BCUT2D eigenvalue weighted by Crippen LogP contribution is -2.44. The Morgan fingerprint density at radius 1 is 0.979 bits per heavy atom. The van der Waals surface area contributed by atoms with Gasteiger partial charge >= 0.3 is 6.09 Å². The van der Waals surface area contributed by atoms with Crippen molar-refractivity contribution in [3.05, 3.63) is 107 Å². The average molecular weight is 646 g/mol. The Morgan fingerprint density at radius 3 is 2.52 bits per heavy atom. The molecule has 3 heterocycles. The van der Waals surface area contributed by atoms with Crippen LogP contribution < -0.4 is 25.4 Å². The van der Waals surface area contributed by atoms with Crippen LogP contribution in [0.1, 0.15) is 24.0 Å². The lowest BCUT2D eigenvalue weighted by molar-refractivity contribution is 0.147. The molecule has 48 heavy (non-hydrogen) atoms. The summed E-state index contributed by atoms with van der Waals surface area (Å²) in [4.78, 5) is 43.2. The summed E-state index contributed by atoms with van der Waals surface area (Å²) in [6.45, 7) is 4.21. The summed E-state index contributed by atoms with van der Waals surface area (Å²) in [5.74, 6) is 1.22. The van der Waals surface area contributed by atoms with Crippen LogP contribution in [-0.4, -0.2) is 71.9 Å². The van der Waals surface area contributed by atoms with Crippen LogP contribution in [0.15, 0.2) is 89.9 Å². The number of hydrogen-bond donors (Lipinski definition) is 1. The quantitative estimate of drug-likeness (QED) is 0.199. The van der Waals surface area contributed by atoms with Gasteiger partial charge in [-0.25, -0.2) is 9.78 Å². The first-order valence-corrected chi connectivity index (χ1v) is 16.3. The van der Waals surface area contributed by atoms with E-state index in [2.05, 4.69) is 15.2 Å². The van der Waals surface area contributed by atoms with Gasteiger partial charge in [-0.05, 0) is 81.4 Å². The first-order valence-electron chi connectivity index (χ1n) is 16.3. The Kier molecular flexibility index (Phi) is 8.68. The maximum Gasteiger partial charge on any atom is 0.414 e. The number of nitrogens with zero attached hydrogens (tertiary/aromatic N) is 6. The summed E-state index contributed by atoms with van der Waals surface area (Å²) in [7, 11) is 4.00. The zero-order chi connectivity index (χ0) is 33.2. The molecule has 0 atom stereocenters. The summed E-state index contributed by atoms with van der Waals surface area (Å²) < 4.78 is 13.3. The van der Waals surface area contributed by atoms with Crippen LogP contribution in [0.2, 0.25) is 0 Å². The second-order valence-corrected chi connectivity index (χ2v) is 12.5. The highest BCUT2D eigenvalue weighted by Gasteiger charge is 2.32. The van der Waals surface area contributed by atoms with Crippen LogP contribution in [0.5, 0.6) is 5.75 Å². The van der Waals surface area contributed by atoms with E-state index in [0.29, 0.717) is 54.4 Å². The van der Waals surface area contributed by atoms with Crippen molar-refractivity contribution in [2.75, 3.05) is 55.5 Å². The summed E-state index contributed by atoms with van der Waals surface area (Å²) in [6.07, 6.45) is 3.49. The molecule has 0 unspecified atom stereocenters. The molecule has 1 aliphatic heterocycles. The molecule has 11 heteroatoms. The van der Waals surface area contributed by atoms with E-state index in [4.69, 9.17) is 14.5 Å². The number of likely N-dealkylation sites (N-methyl/N-ethyl adjacent to an activating group) is 1. The van der Waals surface area contributed by atoms with Gasteiger partial charge in [0.25, 0.3) is 5.56 Å². The number of para-hydroxylation sites is 1. The monoisotopic (exact) mass is 645 g/mol. The Labute approximate surface area is 279 Å². The van der Waals surface area contributed by atoms with E-state index in [9.17, 15) is 9.59 Å². The SMILES string of the molecule is Cc1cccc2c1N(C(=O)OCc1ccccc1)CCN2c1cc2cnc(NC3CC3)nc2n(-c2ccc(OCCN(C)C)cc2)c1=O. The van der Waals surface area contributed by atoms with Gasteiger partial charge in [0.15, 0.2) is 5.65 Å². The molecule has 246 valence electrons. The van der Waals surface area contributed by atoms with Crippen molar-refractivity contribution in [1.29, 1.82) is 0 Å². The highest BCUT2D eigenvalue weighted by atomic mass is 16.6. The van der Waals surface area contributed by atoms with Crippen molar-refractivity contribution in [3.63, 3.8) is 0 Å². The van der Waals surface area contributed by atoms with E-state index < -0.39 is 6.09 Å². The lowest BCUT2D eigenvalue weighted by Gasteiger charge is -2.38. The molecule has 2 aliphatic rings. The summed E-state index contributed by atoms with van der Waals surface area (Å²) in [5, 5.41) is 4.08. The number of nitrogens with one attached hydrogen (secondary N) is 1. The Balaban J connectivity index is 1.27. The van der Waals surface area contributed by atoms with Gasteiger partial charge in [0, 0.05) is 37.3 Å². The van der Waals surface area contributed by atoms with Gasteiger partial charge in [-0.3, -0.25) is 14.3 Å². The molecule has 3 aromatic carbocycles. The predicted octanol–water partition coefficient (Wildman–Crippen LogP) is 5.90. The molecule has 0 bridgehead atoms. The summed E-state index contributed by atoms with van der Waals surface area (Å²) in [5.41, 5.74) is 4.69. The third-order valence-electron chi connectivity index (χ3n) is 8.58. The number of benzene rings is 3. The van der Waals surface area contributed by atoms with Crippen molar-refractivity contribution in [2.45, 2.75) is 32.4 Å². The lowest BCUT2D eigenvalue weighted by atomic mass is 10.1. The van der Waals surface area contributed by atoms with E-state index in [0.717, 1.165) is 47.3 Å². The average Bonchev–Trinajstić information content (AvgIpc) is 3.92. The predicted molar refractivity (Wildman–Crippen MR) is 188 cm³/mol. The third-order valence-corrected chi connectivity index (χ3v) is 8.58. The van der Waals surface area contributed by atoms with Crippen LogP contribution in [0.25, 0.3) is 16.7 Å². The van der Waals surface area contributed by atoms with Gasteiger partial charge in [-0.1, -0.05) is 42.5 Å². The zero-order valence-electron chi connectivity index (χ0n) is 27.4. The fraction of sp³-hybridized carbons (Fsp3) is 0.297.